The summed E-state index contributed by atoms with van der Waals surface area (Å²) in [6, 6.07) is 1.04. The summed E-state index contributed by atoms with van der Waals surface area (Å²) >= 11 is 0. The van der Waals surface area contributed by atoms with Crippen molar-refractivity contribution in [3.05, 3.63) is 32.6 Å². The van der Waals surface area contributed by atoms with Gasteiger partial charge in [-0.3, -0.25) is 14.6 Å². The molecule has 0 aromatic carbocycles. The lowest BCUT2D eigenvalue weighted by molar-refractivity contribution is 0.0565. The predicted octanol–water partition coefficient (Wildman–Crippen LogP) is -1.02. The molecule has 0 unspecified atom stereocenters. The Morgan fingerprint density at radius 2 is 1.76 bits per heavy atom. The molecule has 1 aliphatic rings. The maximum absolute atomic E-state index is 12.2. The van der Waals surface area contributed by atoms with Crippen LogP contribution >= 0.6 is 0 Å². The quantitative estimate of drug-likeness (QED) is 0.724. The van der Waals surface area contributed by atoms with Gasteiger partial charge in [-0.1, -0.05) is 0 Å². The Morgan fingerprint density at radius 3 is 2.33 bits per heavy atom. The second kappa shape index (κ2) is 6.25. The molecule has 1 aromatic rings. The van der Waals surface area contributed by atoms with Crippen molar-refractivity contribution < 1.29 is 14.3 Å². The Labute approximate surface area is 119 Å². The molecule has 1 aromatic heterocycles. The van der Waals surface area contributed by atoms with E-state index in [0.717, 1.165) is 6.07 Å². The molecule has 0 spiro atoms. The van der Waals surface area contributed by atoms with E-state index in [-0.39, 0.29) is 5.69 Å². The SMILES string of the molecule is CCOC(=O)N1CCN(C(=O)c2cc(=O)[nH]c(=O)[nH]2)CC1. The number of H-pyrrole nitrogens is 2. The zero-order chi connectivity index (χ0) is 15.4. The molecule has 1 fully saturated rings. The van der Waals surface area contributed by atoms with Crippen LogP contribution in [0.3, 0.4) is 0 Å². The summed E-state index contributed by atoms with van der Waals surface area (Å²) in [5.41, 5.74) is -1.42. The first-order valence-electron chi connectivity index (χ1n) is 6.56. The van der Waals surface area contributed by atoms with Gasteiger partial charge in [-0.15, -0.1) is 0 Å². The number of amides is 2. The molecule has 2 N–H and O–H groups in total. The summed E-state index contributed by atoms with van der Waals surface area (Å²) in [7, 11) is 0. The summed E-state index contributed by atoms with van der Waals surface area (Å²) in [5, 5.41) is 0. The van der Waals surface area contributed by atoms with Crippen molar-refractivity contribution in [2.24, 2.45) is 0 Å². The summed E-state index contributed by atoms with van der Waals surface area (Å²) in [5.74, 6) is -0.443. The number of hydrogen-bond acceptors (Lipinski definition) is 5. The summed E-state index contributed by atoms with van der Waals surface area (Å²) < 4.78 is 4.88. The molecular formula is C12H16N4O5. The standard InChI is InChI=1S/C12H16N4O5/c1-2-21-12(20)16-5-3-15(4-6-16)10(18)8-7-9(17)14-11(19)13-8/h7H,2-6H2,1H3,(H2,13,14,17,19). The lowest BCUT2D eigenvalue weighted by atomic mass is 10.3. The van der Waals surface area contributed by atoms with Crippen LogP contribution in [0.5, 0.6) is 0 Å². The van der Waals surface area contributed by atoms with Gasteiger partial charge in [-0.25, -0.2) is 9.59 Å². The molecule has 0 aliphatic carbocycles. The number of rotatable bonds is 2. The Hall–Kier alpha value is -2.58. The van der Waals surface area contributed by atoms with E-state index in [1.165, 1.54) is 9.80 Å². The van der Waals surface area contributed by atoms with E-state index in [2.05, 4.69) is 4.98 Å². The molecule has 0 radical (unpaired) electrons. The molecule has 0 saturated carbocycles. The Kier molecular flexibility index (Phi) is 4.41. The average molecular weight is 296 g/mol. The first-order chi connectivity index (χ1) is 10.0. The van der Waals surface area contributed by atoms with Gasteiger partial charge in [0.2, 0.25) is 0 Å². The number of piperazine rings is 1. The Bertz CT molecular complexity index is 613. The van der Waals surface area contributed by atoms with Crippen LogP contribution in [0.4, 0.5) is 4.79 Å². The van der Waals surface area contributed by atoms with Gasteiger partial charge in [0.05, 0.1) is 6.61 Å². The third kappa shape index (κ3) is 3.50. The van der Waals surface area contributed by atoms with Crippen LogP contribution in [-0.2, 0) is 4.74 Å². The van der Waals surface area contributed by atoms with Crippen molar-refractivity contribution in [1.82, 2.24) is 19.8 Å². The van der Waals surface area contributed by atoms with Crippen LogP contribution in [0.25, 0.3) is 0 Å². The van der Waals surface area contributed by atoms with Gasteiger partial charge in [0.1, 0.15) is 5.69 Å². The summed E-state index contributed by atoms with van der Waals surface area (Å²) in [6.45, 7) is 3.34. The third-order valence-electron chi connectivity index (χ3n) is 3.08. The summed E-state index contributed by atoms with van der Waals surface area (Å²) in [4.78, 5) is 53.3. The highest BCUT2D eigenvalue weighted by atomic mass is 16.6. The molecule has 1 aliphatic heterocycles. The van der Waals surface area contributed by atoms with Crippen molar-refractivity contribution in [2.45, 2.75) is 6.92 Å². The molecule has 0 atom stereocenters. The lowest BCUT2D eigenvalue weighted by Crippen LogP contribution is -2.51. The van der Waals surface area contributed by atoms with Crippen LogP contribution in [0.2, 0.25) is 0 Å². The lowest BCUT2D eigenvalue weighted by Gasteiger charge is -2.33. The Morgan fingerprint density at radius 1 is 1.14 bits per heavy atom. The third-order valence-corrected chi connectivity index (χ3v) is 3.08. The molecule has 2 heterocycles. The van der Waals surface area contributed by atoms with E-state index in [4.69, 9.17) is 4.74 Å². The van der Waals surface area contributed by atoms with Gasteiger partial charge in [0.15, 0.2) is 0 Å². The second-order valence-corrected chi connectivity index (χ2v) is 4.48. The minimum Gasteiger partial charge on any atom is -0.450 e. The molecule has 0 bridgehead atoms. The van der Waals surface area contributed by atoms with E-state index >= 15 is 0 Å². The highest BCUT2D eigenvalue weighted by molar-refractivity contribution is 5.92. The molecule has 2 rings (SSSR count). The maximum atomic E-state index is 12.2. The van der Waals surface area contributed by atoms with Crippen LogP contribution < -0.4 is 11.2 Å². The van der Waals surface area contributed by atoms with Gasteiger partial charge in [-0.05, 0) is 6.92 Å². The van der Waals surface area contributed by atoms with Crippen molar-refractivity contribution in [3.63, 3.8) is 0 Å². The van der Waals surface area contributed by atoms with Gasteiger partial charge in [0, 0.05) is 32.2 Å². The number of aromatic nitrogens is 2. The van der Waals surface area contributed by atoms with Crippen LogP contribution in [0, 0.1) is 0 Å². The number of nitrogens with zero attached hydrogens (tertiary/aromatic N) is 2. The fourth-order valence-corrected chi connectivity index (χ4v) is 2.06. The Balaban J connectivity index is 2.02. The minimum absolute atomic E-state index is 0.0617. The molecule has 21 heavy (non-hydrogen) atoms. The van der Waals surface area contributed by atoms with Crippen LogP contribution in [0.15, 0.2) is 15.7 Å². The topological polar surface area (TPSA) is 116 Å². The van der Waals surface area contributed by atoms with E-state index in [1.54, 1.807) is 6.92 Å². The highest BCUT2D eigenvalue weighted by Crippen LogP contribution is 2.06. The number of aromatic amines is 2. The van der Waals surface area contributed by atoms with Gasteiger partial charge < -0.3 is 19.5 Å². The van der Waals surface area contributed by atoms with Crippen molar-refractivity contribution >= 4 is 12.0 Å². The number of carbonyl (C=O) groups is 2. The van der Waals surface area contributed by atoms with Crippen LogP contribution in [-0.4, -0.2) is 64.6 Å². The number of nitrogens with one attached hydrogen (secondary N) is 2. The van der Waals surface area contributed by atoms with Crippen molar-refractivity contribution in [3.8, 4) is 0 Å². The van der Waals surface area contributed by atoms with Crippen molar-refractivity contribution in [2.75, 3.05) is 32.8 Å². The van der Waals surface area contributed by atoms with Gasteiger partial charge in [0.25, 0.3) is 11.5 Å². The van der Waals surface area contributed by atoms with Gasteiger partial charge >= 0.3 is 11.8 Å². The normalized spacial score (nSPS) is 14.9. The van der Waals surface area contributed by atoms with E-state index < -0.39 is 23.2 Å². The van der Waals surface area contributed by atoms with Crippen molar-refractivity contribution in [1.29, 1.82) is 0 Å². The molecule has 9 heteroatoms. The fourth-order valence-electron chi connectivity index (χ4n) is 2.06. The van der Waals surface area contributed by atoms with E-state index in [1.807, 2.05) is 4.98 Å². The smallest absolute Gasteiger partial charge is 0.409 e. The summed E-state index contributed by atoms with van der Waals surface area (Å²) in [6.07, 6.45) is -0.408. The molecule has 1 saturated heterocycles. The maximum Gasteiger partial charge on any atom is 0.409 e. The predicted molar refractivity (Wildman–Crippen MR) is 72.2 cm³/mol. The monoisotopic (exact) mass is 296 g/mol. The van der Waals surface area contributed by atoms with E-state index in [0.29, 0.717) is 32.8 Å². The molecule has 9 nitrogen and oxygen atoms in total. The largest absolute Gasteiger partial charge is 0.450 e. The first-order valence-corrected chi connectivity index (χ1v) is 6.56. The zero-order valence-electron chi connectivity index (χ0n) is 11.5. The first kappa shape index (κ1) is 14.8. The highest BCUT2D eigenvalue weighted by Gasteiger charge is 2.26. The van der Waals surface area contributed by atoms with E-state index in [9.17, 15) is 19.2 Å². The fraction of sp³-hybridized carbons (Fsp3) is 0.500. The second-order valence-electron chi connectivity index (χ2n) is 4.48. The van der Waals surface area contributed by atoms with Gasteiger partial charge in [-0.2, -0.15) is 0 Å². The zero-order valence-corrected chi connectivity index (χ0v) is 11.5. The average Bonchev–Trinajstić information content (AvgIpc) is 2.46. The minimum atomic E-state index is -0.726. The number of hydrogen-bond donors (Lipinski definition) is 2. The number of carbonyl (C=O) groups excluding carboxylic acids is 2. The molecule has 2 amide bonds. The molecular weight excluding hydrogens is 280 g/mol. The number of ether oxygens (including phenoxy) is 1. The molecule has 114 valence electrons. The van der Waals surface area contributed by atoms with Crippen LogP contribution in [0.1, 0.15) is 17.4 Å².